The predicted molar refractivity (Wildman–Crippen MR) is 40.7 cm³/mol. The van der Waals surface area contributed by atoms with E-state index in [1.54, 1.807) is 11.3 Å². The molecule has 1 fully saturated rings. The lowest BCUT2D eigenvalue weighted by atomic mass is 10.3. The Morgan fingerprint density at radius 1 is 1.67 bits per heavy atom. The van der Waals surface area contributed by atoms with Gasteiger partial charge in [0.2, 0.25) is 0 Å². The smallest absolute Gasteiger partial charge is 0.108 e. The Hall–Kier alpha value is 0.140. The zero-order valence-corrected chi connectivity index (χ0v) is 7.04. The van der Waals surface area contributed by atoms with Crippen molar-refractivity contribution in [3.63, 3.8) is 0 Å². The van der Waals surface area contributed by atoms with Crippen LogP contribution in [0.5, 0.6) is 0 Å². The molecule has 2 rings (SSSR count). The molecule has 0 N–H and O–H groups in total. The Morgan fingerprint density at radius 2 is 2.44 bits per heavy atom. The van der Waals surface area contributed by atoms with E-state index in [0.717, 1.165) is 6.61 Å². The van der Waals surface area contributed by atoms with Gasteiger partial charge in [0.05, 0.1) is 6.61 Å². The van der Waals surface area contributed by atoms with E-state index in [1.165, 1.54) is 10.0 Å². The maximum absolute atomic E-state index is 5.11. The third kappa shape index (κ3) is 1.04. The topological polar surface area (TPSA) is 12.5 Å². The fourth-order valence-corrected chi connectivity index (χ4v) is 2.34. The molecular formula is C6H5BrOS. The van der Waals surface area contributed by atoms with E-state index >= 15 is 0 Å². The van der Waals surface area contributed by atoms with E-state index in [-0.39, 0.29) is 0 Å². The molecule has 0 aromatic carbocycles. The Balaban J connectivity index is 2.35. The molecular weight excluding hydrogens is 200 g/mol. The summed E-state index contributed by atoms with van der Waals surface area (Å²) in [6.07, 6.45) is 0.394. The largest absolute Gasteiger partial charge is 0.368 e. The van der Waals surface area contributed by atoms with Gasteiger partial charge in [0, 0.05) is 15.4 Å². The number of epoxide rings is 1. The number of halogens is 1. The van der Waals surface area contributed by atoms with E-state index < -0.39 is 0 Å². The highest BCUT2D eigenvalue weighted by Crippen LogP contribution is 2.36. The quantitative estimate of drug-likeness (QED) is 0.642. The van der Waals surface area contributed by atoms with Gasteiger partial charge in [-0.15, -0.1) is 0 Å². The van der Waals surface area contributed by atoms with Crippen molar-refractivity contribution < 1.29 is 4.74 Å². The average Bonchev–Trinajstić information content (AvgIpc) is 2.58. The predicted octanol–water partition coefficient (Wildman–Crippen LogP) is 2.58. The molecule has 2 heterocycles. The second-order valence-electron chi connectivity index (χ2n) is 2.00. The first-order valence-electron chi connectivity index (χ1n) is 2.71. The van der Waals surface area contributed by atoms with Crippen molar-refractivity contribution in [2.45, 2.75) is 6.10 Å². The average molecular weight is 205 g/mol. The van der Waals surface area contributed by atoms with Crippen LogP contribution in [0.2, 0.25) is 0 Å². The van der Waals surface area contributed by atoms with Crippen LogP contribution in [0.15, 0.2) is 15.2 Å². The zero-order valence-electron chi connectivity index (χ0n) is 4.63. The van der Waals surface area contributed by atoms with Gasteiger partial charge in [0.15, 0.2) is 0 Å². The molecule has 1 aromatic heterocycles. The van der Waals surface area contributed by atoms with Crippen LogP contribution in [-0.4, -0.2) is 6.61 Å². The summed E-state index contributed by atoms with van der Waals surface area (Å²) in [5.41, 5.74) is 1.31. The van der Waals surface area contributed by atoms with Crippen molar-refractivity contribution in [2.24, 2.45) is 0 Å². The molecule has 1 unspecified atom stereocenters. The van der Waals surface area contributed by atoms with Crippen LogP contribution < -0.4 is 0 Å². The van der Waals surface area contributed by atoms with Crippen LogP contribution in [0.25, 0.3) is 0 Å². The molecule has 0 spiro atoms. The number of hydrogen-bond acceptors (Lipinski definition) is 2. The van der Waals surface area contributed by atoms with E-state index in [4.69, 9.17) is 4.74 Å². The number of ether oxygens (including phenoxy) is 1. The summed E-state index contributed by atoms with van der Waals surface area (Å²) in [6.45, 7) is 0.898. The Morgan fingerprint density at radius 3 is 2.89 bits per heavy atom. The highest BCUT2D eigenvalue weighted by molar-refractivity contribution is 9.10. The SMILES string of the molecule is Brc1cscc1C1CO1. The van der Waals surface area contributed by atoms with Crippen LogP contribution in [0.4, 0.5) is 0 Å². The first-order chi connectivity index (χ1) is 4.38. The van der Waals surface area contributed by atoms with Crippen molar-refractivity contribution in [1.29, 1.82) is 0 Å². The molecule has 1 nitrogen and oxygen atoms in total. The summed E-state index contributed by atoms with van der Waals surface area (Å²) in [6, 6.07) is 0. The third-order valence-electron chi connectivity index (χ3n) is 1.32. The van der Waals surface area contributed by atoms with Crippen LogP contribution in [-0.2, 0) is 4.74 Å². The van der Waals surface area contributed by atoms with Crippen LogP contribution in [0.3, 0.4) is 0 Å². The highest BCUT2D eigenvalue weighted by Gasteiger charge is 2.26. The van der Waals surface area contributed by atoms with Crippen molar-refractivity contribution in [3.05, 3.63) is 20.8 Å². The van der Waals surface area contributed by atoms with Crippen molar-refractivity contribution >= 4 is 27.3 Å². The molecule has 1 aromatic rings. The first kappa shape index (κ1) is 5.89. The van der Waals surface area contributed by atoms with Crippen LogP contribution in [0, 0.1) is 0 Å². The lowest BCUT2D eigenvalue weighted by Gasteiger charge is -1.86. The van der Waals surface area contributed by atoms with Gasteiger partial charge in [-0.2, -0.15) is 11.3 Å². The molecule has 1 atom stereocenters. The molecule has 1 aliphatic rings. The molecule has 0 aliphatic carbocycles. The zero-order chi connectivity index (χ0) is 6.27. The van der Waals surface area contributed by atoms with Gasteiger partial charge >= 0.3 is 0 Å². The molecule has 1 aliphatic heterocycles. The van der Waals surface area contributed by atoms with Gasteiger partial charge < -0.3 is 4.74 Å². The number of rotatable bonds is 1. The fraction of sp³-hybridized carbons (Fsp3) is 0.333. The monoisotopic (exact) mass is 204 g/mol. The van der Waals surface area contributed by atoms with Crippen molar-refractivity contribution in [3.8, 4) is 0 Å². The molecule has 0 amide bonds. The molecule has 3 heteroatoms. The molecule has 0 radical (unpaired) electrons. The molecule has 48 valence electrons. The third-order valence-corrected chi connectivity index (χ3v) is 3.07. The lowest BCUT2D eigenvalue weighted by molar-refractivity contribution is 0.415. The summed E-state index contributed by atoms with van der Waals surface area (Å²) >= 11 is 5.14. The standard InChI is InChI=1S/C6H5BrOS/c7-5-3-9-2-4(5)6-1-8-6/h2-3,6H,1H2. The molecule has 0 bridgehead atoms. The summed E-state index contributed by atoms with van der Waals surface area (Å²) in [5.74, 6) is 0. The second kappa shape index (κ2) is 2.08. The van der Waals surface area contributed by atoms with E-state index in [1.807, 2.05) is 0 Å². The highest BCUT2D eigenvalue weighted by atomic mass is 79.9. The first-order valence-corrected chi connectivity index (χ1v) is 4.44. The number of hydrogen-bond donors (Lipinski definition) is 0. The fourth-order valence-electron chi connectivity index (χ4n) is 0.749. The summed E-state index contributed by atoms with van der Waals surface area (Å²) in [4.78, 5) is 0. The van der Waals surface area contributed by atoms with Crippen LogP contribution >= 0.6 is 27.3 Å². The minimum Gasteiger partial charge on any atom is -0.368 e. The summed E-state index contributed by atoms with van der Waals surface area (Å²) < 4.78 is 6.30. The van der Waals surface area contributed by atoms with Gasteiger partial charge in [0.1, 0.15) is 6.10 Å². The van der Waals surface area contributed by atoms with E-state index in [9.17, 15) is 0 Å². The second-order valence-corrected chi connectivity index (χ2v) is 3.59. The van der Waals surface area contributed by atoms with Crippen molar-refractivity contribution in [2.75, 3.05) is 6.61 Å². The minimum absolute atomic E-state index is 0.394. The minimum atomic E-state index is 0.394. The van der Waals surface area contributed by atoms with Gasteiger partial charge in [-0.3, -0.25) is 0 Å². The Labute approximate surface area is 65.8 Å². The van der Waals surface area contributed by atoms with Gasteiger partial charge in [-0.25, -0.2) is 0 Å². The van der Waals surface area contributed by atoms with Crippen LogP contribution in [0.1, 0.15) is 11.7 Å². The molecule has 0 saturated carbocycles. The summed E-state index contributed by atoms with van der Waals surface area (Å²) in [5, 5.41) is 4.21. The Bertz CT molecular complexity index is 217. The maximum Gasteiger partial charge on any atom is 0.108 e. The van der Waals surface area contributed by atoms with Gasteiger partial charge in [-0.05, 0) is 21.3 Å². The van der Waals surface area contributed by atoms with Gasteiger partial charge in [-0.1, -0.05) is 0 Å². The van der Waals surface area contributed by atoms with E-state index in [2.05, 4.69) is 26.7 Å². The lowest BCUT2D eigenvalue weighted by Crippen LogP contribution is -1.72. The molecule has 1 saturated heterocycles. The Kier molecular flexibility index (Phi) is 1.36. The van der Waals surface area contributed by atoms with Crippen molar-refractivity contribution in [1.82, 2.24) is 0 Å². The summed E-state index contributed by atoms with van der Waals surface area (Å²) in [7, 11) is 0. The number of thiophene rings is 1. The van der Waals surface area contributed by atoms with Gasteiger partial charge in [0.25, 0.3) is 0 Å². The normalized spacial score (nSPS) is 24.3. The maximum atomic E-state index is 5.11. The molecule has 9 heavy (non-hydrogen) atoms. The van der Waals surface area contributed by atoms with E-state index in [0.29, 0.717) is 6.10 Å².